The fraction of sp³-hybridized carbons (Fsp3) is 0.600. The zero-order chi connectivity index (χ0) is 29.0. The summed E-state index contributed by atoms with van der Waals surface area (Å²) in [5, 5.41) is 0. The van der Waals surface area contributed by atoms with E-state index in [4.69, 9.17) is 0 Å². The summed E-state index contributed by atoms with van der Waals surface area (Å²) in [5.41, 5.74) is -2.30. The van der Waals surface area contributed by atoms with Crippen LogP contribution in [0.2, 0.25) is 0 Å². The van der Waals surface area contributed by atoms with Crippen LogP contribution in [0.25, 0.3) is 0 Å². The van der Waals surface area contributed by atoms with Crippen molar-refractivity contribution in [1.29, 1.82) is 0 Å². The Labute approximate surface area is 184 Å². The van der Waals surface area contributed by atoms with Crippen LogP contribution in [0.4, 0.5) is 83.4 Å². The van der Waals surface area contributed by atoms with Crippen molar-refractivity contribution < 1.29 is 92.9 Å². The second-order valence-electron chi connectivity index (χ2n) is 6.44. The number of rotatable bonds is 8. The largest absolute Gasteiger partial charge is 0.462 e. The van der Waals surface area contributed by atoms with Crippen LogP contribution in [0.3, 0.4) is 0 Å². The van der Waals surface area contributed by atoms with Gasteiger partial charge in [0.15, 0.2) is 0 Å². The van der Waals surface area contributed by atoms with Gasteiger partial charge in [0.2, 0.25) is 0 Å². The molecule has 0 aromatic heterocycles. The smallest absolute Gasteiger partial charge is 0.264 e. The number of benzene rings is 1. The van der Waals surface area contributed by atoms with E-state index in [9.17, 15) is 83.4 Å². The molecular weight excluding hydrogens is 573 g/mol. The van der Waals surface area contributed by atoms with Gasteiger partial charge in [-0.1, -0.05) is 30.3 Å². The summed E-state index contributed by atoms with van der Waals surface area (Å²) in [4.78, 5) is 0. The van der Waals surface area contributed by atoms with Crippen LogP contribution >= 0.6 is 0 Å². The lowest BCUT2D eigenvalue weighted by molar-refractivity contribution is -0.562. The second kappa shape index (κ2) is 8.69. The Bertz CT molecular complexity index is 902. The molecule has 0 aliphatic rings. The highest BCUT2D eigenvalue weighted by Crippen LogP contribution is 2.59. The number of hydrogen-bond acceptors (Lipinski definition) is 2. The average molecular weight is 578 g/mol. The van der Waals surface area contributed by atoms with E-state index >= 15 is 0 Å². The maximum atomic E-state index is 14.4. The van der Waals surface area contributed by atoms with Crippen molar-refractivity contribution in [3.8, 4) is 0 Å². The van der Waals surface area contributed by atoms with Crippen molar-refractivity contribution >= 4 is 0 Å². The topological polar surface area (TPSA) is 18.5 Å². The van der Waals surface area contributed by atoms with Gasteiger partial charge in [-0.3, -0.25) is 9.47 Å². The Kier molecular flexibility index (Phi) is 7.69. The number of ether oxygens (including phenoxy) is 2. The third-order valence-corrected chi connectivity index (χ3v) is 3.90. The third kappa shape index (κ3) is 4.99. The van der Waals surface area contributed by atoms with Crippen molar-refractivity contribution in [2.75, 3.05) is 0 Å². The number of hydrogen-bond donors (Lipinski definition) is 0. The summed E-state index contributed by atoms with van der Waals surface area (Å²) < 4.78 is 253. The molecule has 1 rings (SSSR count). The number of halogens is 19. The second-order valence-corrected chi connectivity index (χ2v) is 6.44. The molecule has 1 aromatic rings. The van der Waals surface area contributed by atoms with Crippen molar-refractivity contribution in [3.05, 3.63) is 35.9 Å². The molecule has 2 nitrogen and oxygen atoms in total. The van der Waals surface area contributed by atoms with E-state index in [0.29, 0.717) is 12.1 Å². The van der Waals surface area contributed by atoms with Gasteiger partial charge in [0.05, 0.1) is 0 Å². The molecule has 2 atom stereocenters. The summed E-state index contributed by atoms with van der Waals surface area (Å²) >= 11 is 0. The highest BCUT2D eigenvalue weighted by Gasteiger charge is 2.87. The van der Waals surface area contributed by atoms with Crippen LogP contribution in [0.15, 0.2) is 30.3 Å². The van der Waals surface area contributed by atoms with Gasteiger partial charge in [0.25, 0.3) is 0 Å². The molecule has 21 heteroatoms. The molecule has 1 aromatic carbocycles. The Morgan fingerprint density at radius 2 is 0.778 bits per heavy atom. The first-order valence-electron chi connectivity index (χ1n) is 8.07. The van der Waals surface area contributed by atoms with Crippen LogP contribution in [0, 0.1) is 0 Å². The minimum atomic E-state index is -8.23. The highest BCUT2D eigenvalue weighted by molar-refractivity contribution is 5.23. The molecule has 0 aliphatic carbocycles. The third-order valence-electron chi connectivity index (χ3n) is 3.90. The first-order chi connectivity index (χ1) is 15.5. The standard InChI is InChI=1S/C15H5F19O2/c16-7(17,6-4-2-1-3-5-6)9(20,12(25,26)27)35-15(33,34)10(21,13(28,29)30)36-14(31,32)8(18,19)11(22,23)24/h1-5H. The molecule has 0 bridgehead atoms. The lowest BCUT2D eigenvalue weighted by Crippen LogP contribution is -2.69. The van der Waals surface area contributed by atoms with Crippen LogP contribution in [0.1, 0.15) is 5.56 Å². The quantitative estimate of drug-likeness (QED) is 0.295. The van der Waals surface area contributed by atoms with E-state index in [1.807, 2.05) is 0 Å². The van der Waals surface area contributed by atoms with E-state index in [1.165, 1.54) is 4.74 Å². The van der Waals surface area contributed by atoms with Gasteiger partial charge in [-0.05, 0) is 0 Å². The van der Waals surface area contributed by atoms with Gasteiger partial charge in [0, 0.05) is 5.56 Å². The fourth-order valence-corrected chi connectivity index (χ4v) is 2.06. The van der Waals surface area contributed by atoms with Crippen molar-refractivity contribution in [3.63, 3.8) is 0 Å². The zero-order valence-electron chi connectivity index (χ0n) is 15.9. The van der Waals surface area contributed by atoms with E-state index in [1.54, 1.807) is 4.74 Å². The Balaban J connectivity index is 3.78. The molecule has 0 radical (unpaired) electrons. The molecule has 0 saturated carbocycles. The van der Waals surface area contributed by atoms with Gasteiger partial charge in [-0.15, -0.1) is 0 Å². The highest BCUT2D eigenvalue weighted by atomic mass is 19.4. The van der Waals surface area contributed by atoms with E-state index in [2.05, 4.69) is 0 Å². The van der Waals surface area contributed by atoms with Crippen molar-refractivity contribution in [1.82, 2.24) is 0 Å². The molecule has 0 heterocycles. The predicted octanol–water partition coefficient (Wildman–Crippen LogP) is 7.65. The maximum absolute atomic E-state index is 14.4. The van der Waals surface area contributed by atoms with E-state index < -0.39 is 59.9 Å². The maximum Gasteiger partial charge on any atom is 0.462 e. The monoisotopic (exact) mass is 578 g/mol. The predicted molar refractivity (Wildman–Crippen MR) is 73.2 cm³/mol. The Hall–Kier alpha value is -2.19. The van der Waals surface area contributed by atoms with Crippen LogP contribution in [0.5, 0.6) is 0 Å². The molecule has 0 spiro atoms. The van der Waals surface area contributed by atoms with Crippen LogP contribution < -0.4 is 0 Å². The summed E-state index contributed by atoms with van der Waals surface area (Å²) in [7, 11) is 0. The zero-order valence-corrected chi connectivity index (χ0v) is 15.9. The first-order valence-corrected chi connectivity index (χ1v) is 8.07. The van der Waals surface area contributed by atoms with Crippen LogP contribution in [-0.4, -0.2) is 48.4 Å². The lowest BCUT2D eigenvalue weighted by atomic mass is 10.00. The van der Waals surface area contributed by atoms with Crippen molar-refractivity contribution in [2.45, 2.75) is 54.3 Å². The first kappa shape index (κ1) is 31.8. The van der Waals surface area contributed by atoms with Gasteiger partial charge < -0.3 is 0 Å². The molecule has 0 saturated heterocycles. The summed E-state index contributed by atoms with van der Waals surface area (Å²) in [6, 6.07) is 1.19. The van der Waals surface area contributed by atoms with E-state index in [0.717, 1.165) is 6.07 Å². The molecule has 2 unspecified atom stereocenters. The summed E-state index contributed by atoms with van der Waals surface area (Å²) in [5.74, 6) is -30.2. The van der Waals surface area contributed by atoms with Gasteiger partial charge in [-0.25, -0.2) is 0 Å². The fourth-order valence-electron chi connectivity index (χ4n) is 2.06. The molecule has 0 aliphatic heterocycles. The van der Waals surface area contributed by atoms with Gasteiger partial charge >= 0.3 is 54.3 Å². The van der Waals surface area contributed by atoms with E-state index in [-0.39, 0.29) is 12.1 Å². The summed E-state index contributed by atoms with van der Waals surface area (Å²) in [6.45, 7) is 0. The normalized spacial score (nSPS) is 18.5. The number of alkyl halides is 19. The molecule has 0 amide bonds. The Morgan fingerprint density at radius 3 is 1.11 bits per heavy atom. The lowest BCUT2D eigenvalue weighted by Gasteiger charge is -2.42. The van der Waals surface area contributed by atoms with Crippen molar-refractivity contribution in [2.24, 2.45) is 0 Å². The molecule has 210 valence electrons. The minimum absolute atomic E-state index is 0.164. The van der Waals surface area contributed by atoms with Crippen LogP contribution in [-0.2, 0) is 15.4 Å². The average Bonchev–Trinajstić information content (AvgIpc) is 2.64. The molecule has 36 heavy (non-hydrogen) atoms. The minimum Gasteiger partial charge on any atom is -0.264 e. The molecular formula is C15H5F19O2. The van der Waals surface area contributed by atoms with Gasteiger partial charge in [0.1, 0.15) is 0 Å². The SMILES string of the molecule is FC(F)(F)C(F)(F)C(F)(F)OC(F)(C(F)(F)F)C(F)(F)OC(F)(C(F)(F)F)C(F)(F)c1ccccc1. The summed E-state index contributed by atoms with van der Waals surface area (Å²) in [6.07, 6.45) is -39.5. The molecule has 0 fully saturated rings. The molecule has 0 N–H and O–H groups in total. The van der Waals surface area contributed by atoms with Gasteiger partial charge in [-0.2, -0.15) is 83.4 Å². The Morgan fingerprint density at radius 1 is 0.417 bits per heavy atom.